The molecule has 0 amide bonds. The van der Waals surface area contributed by atoms with Gasteiger partial charge in [-0.05, 0) is 62.3 Å². The van der Waals surface area contributed by atoms with Crippen LogP contribution >= 0.6 is 0 Å². The summed E-state index contributed by atoms with van der Waals surface area (Å²) in [4.78, 5) is 6.50. The molecule has 0 aliphatic carbocycles. The van der Waals surface area contributed by atoms with Crippen LogP contribution in [0.15, 0.2) is 42.5 Å². The number of aromatic amines is 1. The van der Waals surface area contributed by atoms with Crippen molar-refractivity contribution in [1.29, 1.82) is 0 Å². The molecule has 1 fully saturated rings. The number of rotatable bonds is 5. The number of likely N-dealkylation sites (tertiary alicyclic amines) is 1. The van der Waals surface area contributed by atoms with Crippen molar-refractivity contribution in [3.8, 4) is 11.3 Å². The van der Waals surface area contributed by atoms with Gasteiger partial charge in [0.05, 0.1) is 5.69 Å². The van der Waals surface area contributed by atoms with Crippen molar-refractivity contribution in [3.05, 3.63) is 59.2 Å². The number of H-pyrrole nitrogens is 1. The number of para-hydroxylation sites is 1. The summed E-state index contributed by atoms with van der Waals surface area (Å²) >= 11 is 0. The molecule has 1 aromatic heterocycles. The quantitative estimate of drug-likeness (QED) is 0.517. The second kappa shape index (κ2) is 8.13. The topological polar surface area (TPSA) is 19.0 Å². The van der Waals surface area contributed by atoms with Gasteiger partial charge in [0.15, 0.2) is 0 Å². The number of nitrogens with one attached hydrogen (secondary N) is 1. The highest BCUT2D eigenvalue weighted by Crippen LogP contribution is 2.35. The van der Waals surface area contributed by atoms with Crippen LogP contribution < -0.4 is 0 Å². The van der Waals surface area contributed by atoms with Crippen molar-refractivity contribution in [2.75, 3.05) is 0 Å². The minimum atomic E-state index is 0.651. The minimum Gasteiger partial charge on any atom is -0.354 e. The second-order valence-corrected chi connectivity index (χ2v) is 8.72. The Hall–Kier alpha value is -2.06. The number of nitrogens with zero attached hydrogens (tertiary/aromatic N) is 1. The van der Waals surface area contributed by atoms with Crippen LogP contribution in [0.2, 0.25) is 0 Å². The van der Waals surface area contributed by atoms with Gasteiger partial charge in [-0.1, -0.05) is 62.2 Å². The van der Waals surface area contributed by atoms with Crippen molar-refractivity contribution < 1.29 is 0 Å². The first kappa shape index (κ1) is 19.3. The molecular formula is C26H34N2. The van der Waals surface area contributed by atoms with E-state index in [1.807, 2.05) is 0 Å². The van der Waals surface area contributed by atoms with Gasteiger partial charge in [-0.15, -0.1) is 0 Å². The first-order valence-corrected chi connectivity index (χ1v) is 11.0. The molecule has 2 aromatic carbocycles. The van der Waals surface area contributed by atoms with Crippen LogP contribution in [0.3, 0.4) is 0 Å². The average molecular weight is 375 g/mol. The molecule has 1 N–H and O–H groups in total. The van der Waals surface area contributed by atoms with Crippen LogP contribution in [0.25, 0.3) is 22.2 Å². The molecule has 1 aliphatic heterocycles. The van der Waals surface area contributed by atoms with E-state index >= 15 is 0 Å². The fourth-order valence-corrected chi connectivity index (χ4v) is 4.93. The zero-order chi connectivity index (χ0) is 19.7. The second-order valence-electron chi connectivity index (χ2n) is 8.72. The monoisotopic (exact) mass is 374 g/mol. The number of fused-ring (bicyclic) bond motifs is 1. The van der Waals surface area contributed by atoms with Gasteiger partial charge in [0, 0.05) is 29.5 Å². The van der Waals surface area contributed by atoms with Gasteiger partial charge in [-0.25, -0.2) is 0 Å². The lowest BCUT2D eigenvalue weighted by Crippen LogP contribution is -2.43. The molecule has 28 heavy (non-hydrogen) atoms. The lowest BCUT2D eigenvalue weighted by atomic mass is 9.95. The third-order valence-electron chi connectivity index (χ3n) is 6.65. The zero-order valence-corrected chi connectivity index (χ0v) is 17.9. The minimum absolute atomic E-state index is 0.651. The standard InChI is InChI=1S/C26H34N2/c1-5-8-21-13-15-22(16-14-21)26-24(17-28-19(3)10-7-11-20(28)4)23-12-6-9-18(2)25(23)27-26/h6,9,12-16,19-20,27H,5,7-8,10-11,17H2,1-4H3/t19-,20-/m0/s1. The Morgan fingerprint density at radius 1 is 1.00 bits per heavy atom. The highest BCUT2D eigenvalue weighted by molar-refractivity contribution is 5.92. The van der Waals surface area contributed by atoms with Gasteiger partial charge < -0.3 is 4.98 Å². The molecule has 3 aromatic rings. The summed E-state index contributed by atoms with van der Waals surface area (Å²) in [6, 6.07) is 17.2. The summed E-state index contributed by atoms with van der Waals surface area (Å²) in [5.41, 5.74) is 8.12. The van der Waals surface area contributed by atoms with Crippen molar-refractivity contribution in [2.45, 2.75) is 78.4 Å². The number of hydrogen-bond donors (Lipinski definition) is 1. The Kier molecular flexibility index (Phi) is 5.59. The normalized spacial score (nSPS) is 20.7. The van der Waals surface area contributed by atoms with E-state index in [0.717, 1.165) is 13.0 Å². The maximum atomic E-state index is 3.79. The molecule has 0 saturated carbocycles. The molecule has 2 nitrogen and oxygen atoms in total. The third kappa shape index (κ3) is 3.63. The van der Waals surface area contributed by atoms with Crippen molar-refractivity contribution in [3.63, 3.8) is 0 Å². The molecular weight excluding hydrogens is 340 g/mol. The number of piperidine rings is 1. The van der Waals surface area contributed by atoms with Crippen LogP contribution in [0, 0.1) is 6.92 Å². The fraction of sp³-hybridized carbons (Fsp3) is 0.462. The molecule has 1 aliphatic rings. The SMILES string of the molecule is CCCc1ccc(-c2[nH]c3c(C)cccc3c2CN2[C@@H](C)CCC[C@@H]2C)cc1. The Labute approximate surface area is 170 Å². The van der Waals surface area contributed by atoms with E-state index in [-0.39, 0.29) is 0 Å². The molecule has 2 atom stereocenters. The van der Waals surface area contributed by atoms with Crippen LogP contribution in [0.1, 0.15) is 63.1 Å². The summed E-state index contributed by atoms with van der Waals surface area (Å²) in [7, 11) is 0. The van der Waals surface area contributed by atoms with E-state index in [4.69, 9.17) is 0 Å². The van der Waals surface area contributed by atoms with E-state index < -0.39 is 0 Å². The highest BCUT2D eigenvalue weighted by Gasteiger charge is 2.27. The van der Waals surface area contributed by atoms with E-state index in [0.29, 0.717) is 12.1 Å². The molecule has 0 spiro atoms. The number of aromatic nitrogens is 1. The van der Waals surface area contributed by atoms with Gasteiger partial charge in [0.1, 0.15) is 0 Å². The first-order chi connectivity index (χ1) is 13.6. The van der Waals surface area contributed by atoms with Crippen LogP contribution in [-0.2, 0) is 13.0 Å². The molecule has 148 valence electrons. The predicted octanol–water partition coefficient (Wildman–Crippen LogP) is 6.86. The van der Waals surface area contributed by atoms with Crippen LogP contribution in [0.4, 0.5) is 0 Å². The molecule has 0 radical (unpaired) electrons. The van der Waals surface area contributed by atoms with Crippen LogP contribution in [-0.4, -0.2) is 22.0 Å². The first-order valence-electron chi connectivity index (χ1n) is 11.0. The van der Waals surface area contributed by atoms with Crippen molar-refractivity contribution >= 4 is 10.9 Å². The lowest BCUT2D eigenvalue weighted by molar-refractivity contribution is 0.0959. The molecule has 4 rings (SSSR count). The van der Waals surface area contributed by atoms with E-state index in [9.17, 15) is 0 Å². The molecule has 0 unspecified atom stereocenters. The Balaban J connectivity index is 1.79. The Morgan fingerprint density at radius 3 is 2.39 bits per heavy atom. The maximum Gasteiger partial charge on any atom is 0.0510 e. The number of benzene rings is 2. The van der Waals surface area contributed by atoms with E-state index in [1.165, 1.54) is 64.5 Å². The molecule has 2 heteroatoms. The summed E-state index contributed by atoms with van der Waals surface area (Å²) in [5, 5.41) is 1.39. The summed E-state index contributed by atoms with van der Waals surface area (Å²) < 4.78 is 0. The van der Waals surface area contributed by atoms with Crippen LogP contribution in [0.5, 0.6) is 0 Å². The zero-order valence-electron chi connectivity index (χ0n) is 17.9. The van der Waals surface area contributed by atoms with Crippen molar-refractivity contribution in [1.82, 2.24) is 9.88 Å². The van der Waals surface area contributed by atoms with Crippen molar-refractivity contribution in [2.24, 2.45) is 0 Å². The number of hydrogen-bond acceptors (Lipinski definition) is 1. The highest BCUT2D eigenvalue weighted by atomic mass is 15.2. The Bertz CT molecular complexity index is 925. The maximum absolute atomic E-state index is 3.79. The molecule has 1 saturated heterocycles. The third-order valence-corrected chi connectivity index (χ3v) is 6.65. The Morgan fingerprint density at radius 2 is 1.71 bits per heavy atom. The van der Waals surface area contributed by atoms with Gasteiger partial charge in [0.25, 0.3) is 0 Å². The summed E-state index contributed by atoms with van der Waals surface area (Å²) in [6.45, 7) is 10.3. The predicted molar refractivity (Wildman–Crippen MR) is 121 cm³/mol. The van der Waals surface area contributed by atoms with Gasteiger partial charge in [-0.2, -0.15) is 0 Å². The molecule has 0 bridgehead atoms. The van der Waals surface area contributed by atoms with E-state index in [1.54, 1.807) is 0 Å². The molecule has 2 heterocycles. The fourth-order valence-electron chi connectivity index (χ4n) is 4.93. The smallest absolute Gasteiger partial charge is 0.0510 e. The average Bonchev–Trinajstić information content (AvgIpc) is 3.06. The van der Waals surface area contributed by atoms with Gasteiger partial charge >= 0.3 is 0 Å². The summed E-state index contributed by atoms with van der Waals surface area (Å²) in [6.07, 6.45) is 6.33. The van der Waals surface area contributed by atoms with E-state index in [2.05, 4.69) is 80.0 Å². The summed E-state index contributed by atoms with van der Waals surface area (Å²) in [5.74, 6) is 0. The lowest BCUT2D eigenvalue weighted by Gasteiger charge is -2.39. The number of aryl methyl sites for hydroxylation is 2. The van der Waals surface area contributed by atoms with Gasteiger partial charge in [-0.3, -0.25) is 4.90 Å². The van der Waals surface area contributed by atoms with Gasteiger partial charge in [0.2, 0.25) is 0 Å². The largest absolute Gasteiger partial charge is 0.354 e.